The van der Waals surface area contributed by atoms with Gasteiger partial charge in [-0.3, -0.25) is 4.79 Å². The molecule has 0 fully saturated rings. The van der Waals surface area contributed by atoms with Crippen LogP contribution in [-0.2, 0) is 0 Å². The number of rotatable bonds is 4. The van der Waals surface area contributed by atoms with Gasteiger partial charge in [0.2, 0.25) is 0 Å². The largest absolute Gasteiger partial charge is 0.294 e. The fourth-order valence-electron chi connectivity index (χ4n) is 2.23. The number of hydrogen-bond donors (Lipinski definition) is 0. The first-order chi connectivity index (χ1) is 7.79. The Kier molecular flexibility index (Phi) is 4.44. The van der Waals surface area contributed by atoms with Crippen molar-refractivity contribution >= 4 is 5.78 Å². The van der Waals surface area contributed by atoms with Gasteiger partial charge < -0.3 is 0 Å². The number of Topliss-reactive ketones (excluding diaryl/α,β-unsaturated/α-hetero) is 1. The van der Waals surface area contributed by atoms with Crippen LogP contribution >= 0.6 is 0 Å². The highest BCUT2D eigenvalue weighted by Crippen LogP contribution is 2.27. The summed E-state index contributed by atoms with van der Waals surface area (Å²) < 4.78 is 13.4. The zero-order valence-corrected chi connectivity index (χ0v) is 11.1. The van der Waals surface area contributed by atoms with E-state index in [1.165, 1.54) is 6.07 Å². The fraction of sp³-hybridized carbons (Fsp3) is 0.533. The van der Waals surface area contributed by atoms with Crippen molar-refractivity contribution in [2.75, 3.05) is 0 Å². The Balaban J connectivity index is 2.64. The molecule has 0 bridgehead atoms. The van der Waals surface area contributed by atoms with E-state index in [0.717, 1.165) is 6.42 Å². The van der Waals surface area contributed by atoms with E-state index in [1.54, 1.807) is 18.2 Å². The van der Waals surface area contributed by atoms with Gasteiger partial charge in [-0.2, -0.15) is 0 Å². The van der Waals surface area contributed by atoms with E-state index in [0.29, 0.717) is 6.42 Å². The zero-order chi connectivity index (χ0) is 13.1. The van der Waals surface area contributed by atoms with Gasteiger partial charge in [-0.05, 0) is 29.9 Å². The van der Waals surface area contributed by atoms with Gasteiger partial charge in [0.05, 0.1) is 5.56 Å². The summed E-state index contributed by atoms with van der Waals surface area (Å²) >= 11 is 0. The van der Waals surface area contributed by atoms with Crippen molar-refractivity contribution in [2.24, 2.45) is 11.3 Å². The second-order valence-corrected chi connectivity index (χ2v) is 5.98. The molecule has 0 aliphatic rings. The van der Waals surface area contributed by atoms with Crippen LogP contribution in [0.3, 0.4) is 0 Å². The Morgan fingerprint density at radius 3 is 2.41 bits per heavy atom. The number of halogens is 1. The fourth-order valence-corrected chi connectivity index (χ4v) is 2.23. The Morgan fingerprint density at radius 1 is 1.29 bits per heavy atom. The summed E-state index contributed by atoms with van der Waals surface area (Å²) in [5, 5.41) is 0. The van der Waals surface area contributed by atoms with Crippen LogP contribution in [0.5, 0.6) is 0 Å². The zero-order valence-electron chi connectivity index (χ0n) is 11.1. The minimum Gasteiger partial charge on any atom is -0.294 e. The first-order valence-corrected chi connectivity index (χ1v) is 6.07. The van der Waals surface area contributed by atoms with Crippen LogP contribution in [0, 0.1) is 17.2 Å². The predicted octanol–water partition coefficient (Wildman–Crippen LogP) is 4.47. The second kappa shape index (κ2) is 5.44. The monoisotopic (exact) mass is 236 g/mol. The molecule has 0 aliphatic carbocycles. The number of benzene rings is 1. The Morgan fingerprint density at radius 2 is 1.88 bits per heavy atom. The van der Waals surface area contributed by atoms with Gasteiger partial charge in [-0.25, -0.2) is 4.39 Å². The lowest BCUT2D eigenvalue weighted by atomic mass is 9.83. The van der Waals surface area contributed by atoms with E-state index in [2.05, 4.69) is 20.8 Å². The molecule has 0 amide bonds. The molecule has 2 heteroatoms. The molecular weight excluding hydrogens is 215 g/mol. The SMILES string of the molecule is CC(CC(=O)c1ccccc1F)CC(C)(C)C. The summed E-state index contributed by atoms with van der Waals surface area (Å²) in [4.78, 5) is 11.9. The third-order valence-electron chi connectivity index (χ3n) is 2.67. The molecule has 0 aromatic heterocycles. The van der Waals surface area contributed by atoms with Crippen molar-refractivity contribution in [1.29, 1.82) is 0 Å². The van der Waals surface area contributed by atoms with Crippen molar-refractivity contribution in [3.63, 3.8) is 0 Å². The molecule has 0 radical (unpaired) electrons. The maximum absolute atomic E-state index is 13.4. The average Bonchev–Trinajstić information content (AvgIpc) is 2.14. The van der Waals surface area contributed by atoms with E-state index in [4.69, 9.17) is 0 Å². The van der Waals surface area contributed by atoms with Gasteiger partial charge in [-0.15, -0.1) is 0 Å². The molecule has 0 saturated heterocycles. The molecule has 0 aliphatic heterocycles. The highest BCUT2D eigenvalue weighted by Gasteiger charge is 2.19. The maximum Gasteiger partial charge on any atom is 0.166 e. The maximum atomic E-state index is 13.4. The molecule has 0 N–H and O–H groups in total. The summed E-state index contributed by atoms with van der Waals surface area (Å²) in [5.74, 6) is -0.234. The van der Waals surface area contributed by atoms with Gasteiger partial charge in [0.15, 0.2) is 5.78 Å². The molecule has 1 nitrogen and oxygen atoms in total. The van der Waals surface area contributed by atoms with Crippen LogP contribution in [-0.4, -0.2) is 5.78 Å². The van der Waals surface area contributed by atoms with E-state index in [1.807, 2.05) is 6.92 Å². The van der Waals surface area contributed by atoms with Crippen LogP contribution in [0.1, 0.15) is 50.9 Å². The van der Waals surface area contributed by atoms with Gasteiger partial charge in [0.1, 0.15) is 5.82 Å². The lowest BCUT2D eigenvalue weighted by molar-refractivity contribution is 0.0950. The third kappa shape index (κ3) is 4.68. The van der Waals surface area contributed by atoms with Gasteiger partial charge >= 0.3 is 0 Å². The molecule has 0 spiro atoms. The molecule has 0 heterocycles. The summed E-state index contributed by atoms with van der Waals surface area (Å²) in [6.07, 6.45) is 1.38. The molecule has 0 saturated carbocycles. The highest BCUT2D eigenvalue weighted by atomic mass is 19.1. The van der Waals surface area contributed by atoms with Crippen molar-refractivity contribution in [3.05, 3.63) is 35.6 Å². The lowest BCUT2D eigenvalue weighted by Crippen LogP contribution is -2.15. The number of hydrogen-bond acceptors (Lipinski definition) is 1. The quantitative estimate of drug-likeness (QED) is 0.705. The van der Waals surface area contributed by atoms with Gasteiger partial charge in [0, 0.05) is 6.42 Å². The van der Waals surface area contributed by atoms with Crippen LogP contribution in [0.2, 0.25) is 0 Å². The van der Waals surface area contributed by atoms with Gasteiger partial charge in [-0.1, -0.05) is 39.8 Å². The topological polar surface area (TPSA) is 17.1 Å². The first kappa shape index (κ1) is 13.9. The molecule has 94 valence electrons. The molecule has 17 heavy (non-hydrogen) atoms. The van der Waals surface area contributed by atoms with E-state index in [9.17, 15) is 9.18 Å². The minimum atomic E-state index is -0.416. The minimum absolute atomic E-state index is 0.0974. The third-order valence-corrected chi connectivity index (χ3v) is 2.67. The van der Waals surface area contributed by atoms with Crippen molar-refractivity contribution < 1.29 is 9.18 Å². The Labute approximate surface area is 103 Å². The van der Waals surface area contributed by atoms with E-state index in [-0.39, 0.29) is 22.7 Å². The summed E-state index contributed by atoms with van der Waals surface area (Å²) in [6.45, 7) is 8.50. The van der Waals surface area contributed by atoms with E-state index >= 15 is 0 Å². The van der Waals surface area contributed by atoms with Crippen LogP contribution in [0.25, 0.3) is 0 Å². The van der Waals surface area contributed by atoms with Crippen LogP contribution in [0.15, 0.2) is 24.3 Å². The standard InChI is InChI=1S/C15H21FO/c1-11(10-15(2,3)4)9-14(17)12-7-5-6-8-13(12)16/h5-8,11H,9-10H2,1-4H3. The van der Waals surface area contributed by atoms with Crippen molar-refractivity contribution in [3.8, 4) is 0 Å². The second-order valence-electron chi connectivity index (χ2n) is 5.98. The normalized spacial score (nSPS) is 13.5. The number of ketones is 1. The smallest absolute Gasteiger partial charge is 0.166 e. The van der Waals surface area contributed by atoms with Gasteiger partial charge in [0.25, 0.3) is 0 Å². The molecule has 1 aromatic carbocycles. The summed E-state index contributed by atoms with van der Waals surface area (Å²) in [7, 11) is 0. The number of carbonyl (C=O) groups is 1. The summed E-state index contributed by atoms with van der Waals surface area (Å²) in [6, 6.07) is 6.19. The van der Waals surface area contributed by atoms with E-state index < -0.39 is 5.82 Å². The Hall–Kier alpha value is -1.18. The average molecular weight is 236 g/mol. The molecule has 1 rings (SSSR count). The van der Waals surface area contributed by atoms with Crippen molar-refractivity contribution in [2.45, 2.75) is 40.5 Å². The molecule has 1 atom stereocenters. The highest BCUT2D eigenvalue weighted by molar-refractivity contribution is 5.96. The number of carbonyl (C=O) groups excluding carboxylic acids is 1. The lowest BCUT2D eigenvalue weighted by Gasteiger charge is -2.22. The van der Waals surface area contributed by atoms with Crippen molar-refractivity contribution in [1.82, 2.24) is 0 Å². The molecule has 1 unspecified atom stereocenters. The molecular formula is C15H21FO. The predicted molar refractivity (Wildman–Crippen MR) is 68.6 cm³/mol. The first-order valence-electron chi connectivity index (χ1n) is 6.07. The van der Waals surface area contributed by atoms with Crippen LogP contribution in [0.4, 0.5) is 4.39 Å². The van der Waals surface area contributed by atoms with Crippen LogP contribution < -0.4 is 0 Å². The summed E-state index contributed by atoms with van der Waals surface area (Å²) in [5.41, 5.74) is 0.419. The Bertz CT molecular complexity index is 390. The molecule has 1 aromatic rings.